The zero-order valence-electron chi connectivity index (χ0n) is 12.9. The van der Waals surface area contributed by atoms with E-state index in [1.54, 1.807) is 9.80 Å². The number of piperidine rings is 1. The van der Waals surface area contributed by atoms with Crippen LogP contribution in [-0.2, 0) is 4.79 Å². The summed E-state index contributed by atoms with van der Waals surface area (Å²) in [4.78, 5) is 27.3. The molecule has 21 heavy (non-hydrogen) atoms. The van der Waals surface area contributed by atoms with Gasteiger partial charge in [0.25, 0.3) is 0 Å². The number of likely N-dealkylation sites (tertiary alicyclic amines) is 2. The van der Waals surface area contributed by atoms with Gasteiger partial charge in [-0.2, -0.15) is 0 Å². The highest BCUT2D eigenvalue weighted by Gasteiger charge is 2.35. The number of aliphatic hydroxyl groups is 1. The van der Waals surface area contributed by atoms with Crippen LogP contribution in [0.1, 0.15) is 46.0 Å². The Morgan fingerprint density at radius 3 is 2.52 bits per heavy atom. The first-order valence-corrected chi connectivity index (χ1v) is 7.81. The average Bonchev–Trinajstić information content (AvgIpc) is 2.58. The highest BCUT2D eigenvalue weighted by molar-refractivity contribution is 5.76. The molecule has 6 nitrogen and oxygen atoms in total. The monoisotopic (exact) mass is 298 g/mol. The molecule has 120 valence electrons. The molecule has 3 atom stereocenters. The third kappa shape index (κ3) is 3.87. The summed E-state index contributed by atoms with van der Waals surface area (Å²) in [6.07, 6.45) is 3.16. The number of hydrogen-bond acceptors (Lipinski definition) is 3. The third-order valence-corrected chi connectivity index (χ3v) is 4.81. The number of rotatable bonds is 1. The number of carboxylic acid groups (broad SMARTS) is 1. The number of carbonyl (C=O) groups is 2. The molecule has 2 aliphatic rings. The fraction of sp³-hybridized carbons (Fsp3) is 0.867. The zero-order chi connectivity index (χ0) is 15.6. The van der Waals surface area contributed by atoms with Crippen molar-refractivity contribution >= 4 is 12.0 Å². The molecule has 0 radical (unpaired) electrons. The number of carbonyl (C=O) groups excluding carboxylic acids is 1. The van der Waals surface area contributed by atoms with Crippen molar-refractivity contribution in [2.75, 3.05) is 19.6 Å². The van der Waals surface area contributed by atoms with Crippen LogP contribution >= 0.6 is 0 Å². The van der Waals surface area contributed by atoms with Crippen LogP contribution in [0.2, 0.25) is 0 Å². The Morgan fingerprint density at radius 1 is 1.19 bits per heavy atom. The number of nitrogens with zero attached hydrogens (tertiary/aromatic N) is 2. The number of aliphatic carboxylic acids is 1. The standard InChI is InChI=1S/C15H26N2O4/c1-11-10-12(13(18)19)4-8-17(11)14(20)16-7-3-5-15(2,21)6-9-16/h11-12,21H,3-10H2,1-2H3,(H,18,19). The predicted molar refractivity (Wildman–Crippen MR) is 78.0 cm³/mol. The highest BCUT2D eigenvalue weighted by atomic mass is 16.4. The van der Waals surface area contributed by atoms with E-state index < -0.39 is 11.6 Å². The molecule has 0 aromatic rings. The van der Waals surface area contributed by atoms with Gasteiger partial charge < -0.3 is 20.0 Å². The molecular weight excluding hydrogens is 272 g/mol. The molecule has 2 aliphatic heterocycles. The lowest BCUT2D eigenvalue weighted by atomic mass is 9.92. The predicted octanol–water partition coefficient (Wildman–Crippen LogP) is 1.53. The summed E-state index contributed by atoms with van der Waals surface area (Å²) in [5.41, 5.74) is -0.684. The Hall–Kier alpha value is -1.30. The van der Waals surface area contributed by atoms with Gasteiger partial charge in [-0.3, -0.25) is 4.79 Å². The van der Waals surface area contributed by atoms with Crippen LogP contribution in [-0.4, -0.2) is 63.3 Å². The summed E-state index contributed by atoms with van der Waals surface area (Å²) < 4.78 is 0. The SMILES string of the molecule is CC1CC(C(=O)O)CCN1C(=O)N1CCCC(C)(O)CC1. The lowest BCUT2D eigenvalue weighted by Crippen LogP contribution is -2.51. The minimum absolute atomic E-state index is 0.0101. The van der Waals surface area contributed by atoms with E-state index in [0.29, 0.717) is 45.3 Å². The van der Waals surface area contributed by atoms with Crippen LogP contribution in [0.5, 0.6) is 0 Å². The van der Waals surface area contributed by atoms with Crippen LogP contribution in [0.4, 0.5) is 4.79 Å². The average molecular weight is 298 g/mol. The highest BCUT2D eigenvalue weighted by Crippen LogP contribution is 2.26. The van der Waals surface area contributed by atoms with Crippen molar-refractivity contribution in [2.24, 2.45) is 5.92 Å². The summed E-state index contributed by atoms with van der Waals surface area (Å²) in [5.74, 6) is -1.10. The molecule has 2 rings (SSSR count). The first kappa shape index (κ1) is 16.1. The molecule has 2 fully saturated rings. The van der Waals surface area contributed by atoms with Gasteiger partial charge in [0.2, 0.25) is 0 Å². The minimum Gasteiger partial charge on any atom is -0.481 e. The Balaban J connectivity index is 1.95. The molecule has 0 spiro atoms. The van der Waals surface area contributed by atoms with Gasteiger partial charge in [0.05, 0.1) is 11.5 Å². The van der Waals surface area contributed by atoms with E-state index in [2.05, 4.69) is 0 Å². The minimum atomic E-state index is -0.764. The number of urea groups is 1. The molecule has 0 aromatic heterocycles. The summed E-state index contributed by atoms with van der Waals surface area (Å²) in [7, 11) is 0. The lowest BCUT2D eigenvalue weighted by Gasteiger charge is -2.39. The topological polar surface area (TPSA) is 81.1 Å². The summed E-state index contributed by atoms with van der Waals surface area (Å²) in [6, 6.07) is -0.0554. The van der Waals surface area contributed by atoms with Crippen LogP contribution in [0.3, 0.4) is 0 Å². The summed E-state index contributed by atoms with van der Waals surface area (Å²) in [5, 5.41) is 19.2. The van der Waals surface area contributed by atoms with Gasteiger partial charge in [-0.25, -0.2) is 4.79 Å². The number of hydrogen-bond donors (Lipinski definition) is 2. The molecule has 0 bridgehead atoms. The number of amides is 2. The molecule has 2 saturated heterocycles. The van der Waals surface area contributed by atoms with Gasteiger partial charge >= 0.3 is 12.0 Å². The molecule has 0 aliphatic carbocycles. The van der Waals surface area contributed by atoms with Gasteiger partial charge in [0.15, 0.2) is 0 Å². The maximum Gasteiger partial charge on any atom is 0.320 e. The third-order valence-electron chi connectivity index (χ3n) is 4.81. The van der Waals surface area contributed by atoms with Crippen LogP contribution in [0.15, 0.2) is 0 Å². The molecule has 6 heteroatoms. The van der Waals surface area contributed by atoms with Gasteiger partial charge in [-0.1, -0.05) is 0 Å². The van der Waals surface area contributed by atoms with E-state index in [9.17, 15) is 14.7 Å². The van der Waals surface area contributed by atoms with Crippen molar-refractivity contribution < 1.29 is 19.8 Å². The normalized spacial score (nSPS) is 34.4. The largest absolute Gasteiger partial charge is 0.481 e. The van der Waals surface area contributed by atoms with Crippen LogP contribution in [0, 0.1) is 5.92 Å². The summed E-state index contributed by atoms with van der Waals surface area (Å²) in [6.45, 7) is 5.48. The van der Waals surface area contributed by atoms with Crippen LogP contribution in [0.25, 0.3) is 0 Å². The lowest BCUT2D eigenvalue weighted by molar-refractivity contribution is -0.143. The van der Waals surface area contributed by atoms with E-state index in [0.717, 1.165) is 6.42 Å². The Morgan fingerprint density at radius 2 is 1.90 bits per heavy atom. The van der Waals surface area contributed by atoms with Crippen molar-refractivity contribution in [3.63, 3.8) is 0 Å². The molecule has 2 amide bonds. The molecule has 2 N–H and O–H groups in total. The van der Waals surface area contributed by atoms with Gasteiger partial charge in [-0.05, 0) is 46.0 Å². The first-order valence-electron chi connectivity index (χ1n) is 7.81. The van der Waals surface area contributed by atoms with Crippen molar-refractivity contribution in [1.29, 1.82) is 0 Å². The second-order valence-corrected chi connectivity index (χ2v) is 6.72. The van der Waals surface area contributed by atoms with Crippen molar-refractivity contribution in [3.8, 4) is 0 Å². The second-order valence-electron chi connectivity index (χ2n) is 6.72. The maximum absolute atomic E-state index is 12.6. The quantitative estimate of drug-likeness (QED) is 0.769. The van der Waals surface area contributed by atoms with Crippen LogP contribution < -0.4 is 0 Å². The molecule has 3 unspecified atom stereocenters. The van der Waals surface area contributed by atoms with E-state index in [1.165, 1.54) is 0 Å². The zero-order valence-corrected chi connectivity index (χ0v) is 12.9. The van der Waals surface area contributed by atoms with Crippen molar-refractivity contribution in [3.05, 3.63) is 0 Å². The fourth-order valence-corrected chi connectivity index (χ4v) is 3.32. The van der Waals surface area contributed by atoms with E-state index >= 15 is 0 Å². The van der Waals surface area contributed by atoms with Gasteiger partial charge in [-0.15, -0.1) is 0 Å². The second kappa shape index (κ2) is 6.22. The molecule has 2 heterocycles. The fourth-order valence-electron chi connectivity index (χ4n) is 3.32. The van der Waals surface area contributed by atoms with E-state index in [1.807, 2.05) is 13.8 Å². The molecular formula is C15H26N2O4. The van der Waals surface area contributed by atoms with E-state index in [4.69, 9.17) is 5.11 Å². The number of carboxylic acids is 1. The van der Waals surface area contributed by atoms with E-state index in [-0.39, 0.29) is 18.0 Å². The maximum atomic E-state index is 12.6. The smallest absolute Gasteiger partial charge is 0.320 e. The Bertz CT molecular complexity index is 410. The van der Waals surface area contributed by atoms with Gasteiger partial charge in [0, 0.05) is 25.7 Å². The summed E-state index contributed by atoms with van der Waals surface area (Å²) >= 11 is 0. The molecule has 0 aromatic carbocycles. The Labute approximate surface area is 125 Å². The first-order chi connectivity index (χ1) is 9.80. The van der Waals surface area contributed by atoms with Crippen molar-refractivity contribution in [1.82, 2.24) is 9.80 Å². The van der Waals surface area contributed by atoms with Crippen molar-refractivity contribution in [2.45, 2.75) is 57.6 Å². The molecule has 0 saturated carbocycles. The Kier molecular flexibility index (Phi) is 4.76. The van der Waals surface area contributed by atoms with Gasteiger partial charge in [0.1, 0.15) is 0 Å².